The third kappa shape index (κ3) is 3.31. The van der Waals surface area contributed by atoms with Crippen molar-refractivity contribution < 1.29 is 5.11 Å². The van der Waals surface area contributed by atoms with Crippen molar-refractivity contribution in [1.82, 2.24) is 9.97 Å². The Morgan fingerprint density at radius 3 is 2.52 bits per heavy atom. The standard InChI is InChI=1S/C19H19N3O/c1-2-16(17-12-20-13-21-17)22-19(14-8-4-3-5-9-14)15-10-6-7-11-18(15)23/h3-13,16,23H,2H2,1H3,(H,20,21)/t16-/m1/s1. The van der Waals surface area contributed by atoms with E-state index < -0.39 is 0 Å². The lowest BCUT2D eigenvalue weighted by Gasteiger charge is -2.14. The predicted octanol–water partition coefficient (Wildman–Crippen LogP) is 4.10. The van der Waals surface area contributed by atoms with Gasteiger partial charge in [-0.2, -0.15) is 0 Å². The number of nitrogens with zero attached hydrogens (tertiary/aromatic N) is 2. The maximum absolute atomic E-state index is 10.3. The molecule has 0 fully saturated rings. The first-order valence-corrected chi connectivity index (χ1v) is 7.69. The van der Waals surface area contributed by atoms with E-state index in [1.54, 1.807) is 18.6 Å². The summed E-state index contributed by atoms with van der Waals surface area (Å²) in [6, 6.07) is 17.2. The van der Waals surface area contributed by atoms with E-state index in [-0.39, 0.29) is 11.8 Å². The van der Waals surface area contributed by atoms with Crippen LogP contribution in [0.15, 0.2) is 72.1 Å². The third-order valence-electron chi connectivity index (χ3n) is 3.76. The van der Waals surface area contributed by atoms with Gasteiger partial charge in [0.2, 0.25) is 0 Å². The number of rotatable bonds is 5. The van der Waals surface area contributed by atoms with E-state index in [1.165, 1.54) is 0 Å². The molecule has 23 heavy (non-hydrogen) atoms. The molecule has 0 saturated heterocycles. The largest absolute Gasteiger partial charge is 0.507 e. The van der Waals surface area contributed by atoms with Crippen molar-refractivity contribution in [1.29, 1.82) is 0 Å². The van der Waals surface area contributed by atoms with E-state index in [0.29, 0.717) is 0 Å². The summed E-state index contributed by atoms with van der Waals surface area (Å²) in [6.45, 7) is 2.09. The molecule has 1 heterocycles. The maximum atomic E-state index is 10.3. The van der Waals surface area contributed by atoms with Crippen LogP contribution in [-0.4, -0.2) is 20.8 Å². The summed E-state index contributed by atoms with van der Waals surface area (Å²) in [5.74, 6) is 0.231. The van der Waals surface area contributed by atoms with Gasteiger partial charge in [-0.25, -0.2) is 4.98 Å². The molecule has 3 aromatic rings. The van der Waals surface area contributed by atoms with Gasteiger partial charge in [0.15, 0.2) is 0 Å². The average molecular weight is 305 g/mol. The van der Waals surface area contributed by atoms with Crippen molar-refractivity contribution in [2.45, 2.75) is 19.4 Å². The Kier molecular flexibility index (Phi) is 4.52. The molecule has 0 saturated carbocycles. The molecule has 3 rings (SSSR count). The molecule has 0 amide bonds. The Morgan fingerprint density at radius 1 is 1.13 bits per heavy atom. The van der Waals surface area contributed by atoms with Gasteiger partial charge in [0, 0.05) is 11.1 Å². The lowest BCUT2D eigenvalue weighted by molar-refractivity contribution is 0.474. The topological polar surface area (TPSA) is 61.3 Å². The summed E-state index contributed by atoms with van der Waals surface area (Å²) >= 11 is 0. The minimum atomic E-state index is -0.0349. The van der Waals surface area contributed by atoms with E-state index in [2.05, 4.69) is 16.9 Å². The normalized spacial score (nSPS) is 13.0. The zero-order valence-electron chi connectivity index (χ0n) is 13.0. The number of aliphatic imine (C=N–C) groups is 1. The van der Waals surface area contributed by atoms with Gasteiger partial charge in [-0.1, -0.05) is 49.4 Å². The van der Waals surface area contributed by atoms with Crippen molar-refractivity contribution >= 4 is 5.71 Å². The van der Waals surface area contributed by atoms with Crippen LogP contribution < -0.4 is 0 Å². The van der Waals surface area contributed by atoms with E-state index >= 15 is 0 Å². The zero-order valence-corrected chi connectivity index (χ0v) is 13.0. The molecule has 0 aliphatic carbocycles. The Bertz CT molecular complexity index is 779. The number of para-hydroxylation sites is 1. The number of aromatic nitrogens is 2. The number of phenols is 1. The number of aromatic amines is 1. The highest BCUT2D eigenvalue weighted by molar-refractivity contribution is 6.14. The quantitative estimate of drug-likeness (QED) is 0.697. The lowest BCUT2D eigenvalue weighted by atomic mass is 10.0. The zero-order chi connectivity index (χ0) is 16.1. The summed E-state index contributed by atoms with van der Waals surface area (Å²) in [6.07, 6.45) is 4.30. The molecule has 0 unspecified atom stereocenters. The third-order valence-corrected chi connectivity index (χ3v) is 3.76. The molecule has 1 aromatic heterocycles. The second-order valence-electron chi connectivity index (χ2n) is 5.29. The van der Waals surface area contributed by atoms with Gasteiger partial charge in [-0.3, -0.25) is 4.99 Å². The molecule has 2 N–H and O–H groups in total. The number of imidazole rings is 1. The van der Waals surface area contributed by atoms with Crippen LogP contribution in [0.3, 0.4) is 0 Å². The Balaban J connectivity index is 2.12. The number of H-pyrrole nitrogens is 1. The molecule has 0 spiro atoms. The molecule has 4 heteroatoms. The first kappa shape index (κ1) is 15.0. The van der Waals surface area contributed by atoms with Gasteiger partial charge in [-0.15, -0.1) is 0 Å². The Morgan fingerprint density at radius 2 is 1.87 bits per heavy atom. The summed E-state index contributed by atoms with van der Waals surface area (Å²) in [5, 5.41) is 10.3. The Hall–Kier alpha value is -2.88. The fraction of sp³-hybridized carbons (Fsp3) is 0.158. The number of benzene rings is 2. The van der Waals surface area contributed by atoms with Gasteiger partial charge in [0.25, 0.3) is 0 Å². The van der Waals surface area contributed by atoms with E-state index in [1.807, 2.05) is 48.5 Å². The molecule has 4 nitrogen and oxygen atoms in total. The highest BCUT2D eigenvalue weighted by Crippen LogP contribution is 2.25. The van der Waals surface area contributed by atoms with E-state index in [0.717, 1.165) is 29.0 Å². The average Bonchev–Trinajstić information content (AvgIpc) is 3.12. The highest BCUT2D eigenvalue weighted by Gasteiger charge is 2.15. The number of phenolic OH excluding ortho intramolecular Hbond substituents is 1. The van der Waals surface area contributed by atoms with E-state index in [9.17, 15) is 5.11 Å². The number of aromatic hydroxyl groups is 1. The Labute approximate surface area is 135 Å². The van der Waals surface area contributed by atoms with Crippen LogP contribution in [-0.2, 0) is 0 Å². The number of hydrogen-bond donors (Lipinski definition) is 2. The van der Waals surface area contributed by atoms with Crippen molar-refractivity contribution in [2.24, 2.45) is 4.99 Å². The number of hydrogen-bond acceptors (Lipinski definition) is 3. The van der Waals surface area contributed by atoms with Crippen LogP contribution in [0.4, 0.5) is 0 Å². The van der Waals surface area contributed by atoms with Crippen LogP contribution in [0.25, 0.3) is 0 Å². The van der Waals surface area contributed by atoms with Gasteiger partial charge in [0.1, 0.15) is 5.75 Å². The smallest absolute Gasteiger partial charge is 0.124 e. The molecule has 0 radical (unpaired) electrons. The van der Waals surface area contributed by atoms with Crippen molar-refractivity contribution in [3.8, 4) is 5.75 Å². The first-order valence-electron chi connectivity index (χ1n) is 7.69. The summed E-state index contributed by atoms with van der Waals surface area (Å²) < 4.78 is 0. The van der Waals surface area contributed by atoms with Crippen LogP contribution in [0.1, 0.15) is 36.2 Å². The van der Waals surface area contributed by atoms with Gasteiger partial charge >= 0.3 is 0 Å². The summed E-state index contributed by atoms with van der Waals surface area (Å²) in [5.41, 5.74) is 3.46. The highest BCUT2D eigenvalue weighted by atomic mass is 16.3. The van der Waals surface area contributed by atoms with Crippen molar-refractivity contribution in [3.05, 3.63) is 83.9 Å². The van der Waals surface area contributed by atoms with Crippen LogP contribution in [0.2, 0.25) is 0 Å². The second kappa shape index (κ2) is 6.92. The molecule has 0 aliphatic rings. The fourth-order valence-corrected chi connectivity index (χ4v) is 2.55. The molecule has 0 bridgehead atoms. The maximum Gasteiger partial charge on any atom is 0.124 e. The van der Waals surface area contributed by atoms with Crippen LogP contribution >= 0.6 is 0 Å². The minimum absolute atomic E-state index is 0.0349. The summed E-state index contributed by atoms with van der Waals surface area (Å²) in [4.78, 5) is 12.1. The molecular formula is C19H19N3O. The van der Waals surface area contributed by atoms with Gasteiger partial charge in [0.05, 0.1) is 30.0 Å². The van der Waals surface area contributed by atoms with Crippen LogP contribution in [0.5, 0.6) is 5.75 Å². The molecular weight excluding hydrogens is 286 g/mol. The lowest BCUT2D eigenvalue weighted by Crippen LogP contribution is -2.07. The predicted molar refractivity (Wildman–Crippen MR) is 91.8 cm³/mol. The van der Waals surface area contributed by atoms with Crippen molar-refractivity contribution in [3.63, 3.8) is 0 Å². The summed E-state index contributed by atoms with van der Waals surface area (Å²) in [7, 11) is 0. The van der Waals surface area contributed by atoms with Gasteiger partial charge < -0.3 is 10.1 Å². The SMILES string of the molecule is CC[C@@H](N=C(c1ccccc1)c1ccccc1O)c1cnc[nH]1. The molecule has 1 atom stereocenters. The molecule has 0 aliphatic heterocycles. The van der Waals surface area contributed by atoms with Crippen LogP contribution in [0, 0.1) is 0 Å². The van der Waals surface area contributed by atoms with Crippen molar-refractivity contribution in [2.75, 3.05) is 0 Å². The number of nitrogens with one attached hydrogen (secondary N) is 1. The fourth-order valence-electron chi connectivity index (χ4n) is 2.55. The minimum Gasteiger partial charge on any atom is -0.507 e. The second-order valence-corrected chi connectivity index (χ2v) is 5.29. The first-order chi connectivity index (χ1) is 11.3. The van der Waals surface area contributed by atoms with Gasteiger partial charge in [-0.05, 0) is 18.6 Å². The molecule has 2 aromatic carbocycles. The molecule has 116 valence electrons. The monoisotopic (exact) mass is 305 g/mol. The van der Waals surface area contributed by atoms with E-state index in [4.69, 9.17) is 4.99 Å².